The van der Waals surface area contributed by atoms with Gasteiger partial charge in [0.2, 0.25) is 0 Å². The summed E-state index contributed by atoms with van der Waals surface area (Å²) in [6.07, 6.45) is 2.36. The van der Waals surface area contributed by atoms with E-state index in [1.165, 1.54) is 12.1 Å². The highest BCUT2D eigenvalue weighted by atomic mass is 19.1. The number of carbonyl (C=O) groups excluding carboxylic acids is 2. The van der Waals surface area contributed by atoms with Gasteiger partial charge < -0.3 is 10.1 Å². The second-order valence-corrected chi connectivity index (χ2v) is 6.52. The standard InChI is InChI=1S/C20H18F3NO3/c21-13-7-8-17(16(23)11-13)24-18(25)12-27-19(26)20(9-3-4-10-20)14-5-1-2-6-15(14)22/h1-2,5-8,11H,3-4,9-10,12H2,(H,24,25). The Labute approximate surface area is 154 Å². The molecule has 0 bridgehead atoms. The van der Waals surface area contributed by atoms with Crippen molar-refractivity contribution in [1.82, 2.24) is 0 Å². The van der Waals surface area contributed by atoms with Gasteiger partial charge in [-0.3, -0.25) is 9.59 Å². The van der Waals surface area contributed by atoms with Crippen molar-refractivity contribution in [1.29, 1.82) is 0 Å². The molecule has 0 heterocycles. The fraction of sp³-hybridized carbons (Fsp3) is 0.300. The predicted octanol–water partition coefficient (Wildman–Crippen LogP) is 4.10. The number of nitrogens with one attached hydrogen (secondary N) is 1. The van der Waals surface area contributed by atoms with Crippen molar-refractivity contribution in [2.24, 2.45) is 0 Å². The van der Waals surface area contributed by atoms with Gasteiger partial charge in [-0.25, -0.2) is 13.2 Å². The molecule has 0 aromatic heterocycles. The fourth-order valence-electron chi connectivity index (χ4n) is 3.46. The Morgan fingerprint density at radius 2 is 1.70 bits per heavy atom. The topological polar surface area (TPSA) is 55.4 Å². The van der Waals surface area contributed by atoms with Gasteiger partial charge in [0.25, 0.3) is 5.91 Å². The Hall–Kier alpha value is -2.83. The van der Waals surface area contributed by atoms with Crippen LogP contribution in [0.2, 0.25) is 0 Å². The molecule has 0 aliphatic heterocycles. The minimum atomic E-state index is -1.12. The third-order valence-corrected chi connectivity index (χ3v) is 4.78. The van der Waals surface area contributed by atoms with Gasteiger partial charge in [-0.15, -0.1) is 0 Å². The number of hydrogen-bond acceptors (Lipinski definition) is 3. The van der Waals surface area contributed by atoms with Crippen LogP contribution in [0.3, 0.4) is 0 Å². The summed E-state index contributed by atoms with van der Waals surface area (Å²) in [4.78, 5) is 24.6. The SMILES string of the molecule is O=C(COC(=O)C1(c2ccccc2F)CCCC1)Nc1ccc(F)cc1F. The molecule has 4 nitrogen and oxygen atoms in total. The maximum absolute atomic E-state index is 14.3. The third-order valence-electron chi connectivity index (χ3n) is 4.78. The number of hydrogen-bond donors (Lipinski definition) is 1. The highest BCUT2D eigenvalue weighted by Crippen LogP contribution is 2.43. The largest absolute Gasteiger partial charge is 0.455 e. The first-order valence-corrected chi connectivity index (χ1v) is 8.59. The van der Waals surface area contributed by atoms with Crippen LogP contribution in [0, 0.1) is 17.5 Å². The van der Waals surface area contributed by atoms with Crippen LogP contribution in [-0.4, -0.2) is 18.5 Å². The summed E-state index contributed by atoms with van der Waals surface area (Å²) in [6, 6.07) is 8.72. The highest BCUT2D eigenvalue weighted by Gasteiger charge is 2.45. The number of esters is 1. The molecule has 1 aliphatic carbocycles. The van der Waals surface area contributed by atoms with Gasteiger partial charge >= 0.3 is 5.97 Å². The molecular formula is C20H18F3NO3. The van der Waals surface area contributed by atoms with E-state index in [2.05, 4.69) is 5.32 Å². The monoisotopic (exact) mass is 377 g/mol. The molecule has 0 radical (unpaired) electrons. The molecule has 0 spiro atoms. The lowest BCUT2D eigenvalue weighted by molar-refractivity contribution is -0.153. The first-order chi connectivity index (χ1) is 12.9. The van der Waals surface area contributed by atoms with Crippen molar-refractivity contribution >= 4 is 17.6 Å². The molecule has 1 saturated carbocycles. The van der Waals surface area contributed by atoms with E-state index in [0.29, 0.717) is 18.9 Å². The van der Waals surface area contributed by atoms with Crippen molar-refractivity contribution in [3.05, 3.63) is 65.5 Å². The van der Waals surface area contributed by atoms with Gasteiger partial charge in [0, 0.05) is 11.6 Å². The molecule has 2 aromatic rings. The zero-order chi connectivity index (χ0) is 19.4. The van der Waals surface area contributed by atoms with E-state index in [-0.39, 0.29) is 11.3 Å². The predicted molar refractivity (Wildman–Crippen MR) is 92.5 cm³/mol. The summed E-state index contributed by atoms with van der Waals surface area (Å²) in [7, 11) is 0. The van der Waals surface area contributed by atoms with Crippen LogP contribution in [-0.2, 0) is 19.7 Å². The Kier molecular flexibility index (Phi) is 5.48. The molecule has 142 valence electrons. The summed E-state index contributed by atoms with van der Waals surface area (Å²) >= 11 is 0. The number of rotatable bonds is 5. The lowest BCUT2D eigenvalue weighted by Gasteiger charge is -2.27. The van der Waals surface area contributed by atoms with E-state index < -0.39 is 41.4 Å². The molecule has 1 amide bonds. The molecule has 0 unspecified atom stereocenters. The van der Waals surface area contributed by atoms with Gasteiger partial charge in [-0.05, 0) is 31.0 Å². The zero-order valence-corrected chi connectivity index (χ0v) is 14.4. The smallest absolute Gasteiger partial charge is 0.317 e. The van der Waals surface area contributed by atoms with E-state index in [0.717, 1.165) is 25.0 Å². The molecular weight excluding hydrogens is 359 g/mol. The Morgan fingerprint density at radius 1 is 1.00 bits per heavy atom. The van der Waals surface area contributed by atoms with Crippen LogP contribution in [0.25, 0.3) is 0 Å². The van der Waals surface area contributed by atoms with Crippen LogP contribution in [0.5, 0.6) is 0 Å². The summed E-state index contributed by atoms with van der Waals surface area (Å²) in [5.74, 6) is -3.65. The van der Waals surface area contributed by atoms with Crippen LogP contribution >= 0.6 is 0 Å². The maximum Gasteiger partial charge on any atom is 0.317 e. The van der Waals surface area contributed by atoms with Crippen molar-refractivity contribution in [2.45, 2.75) is 31.1 Å². The Balaban J connectivity index is 1.68. The fourth-order valence-corrected chi connectivity index (χ4v) is 3.46. The maximum atomic E-state index is 14.3. The van der Waals surface area contributed by atoms with E-state index >= 15 is 0 Å². The first kappa shape index (κ1) is 18.9. The van der Waals surface area contributed by atoms with E-state index in [4.69, 9.17) is 4.74 Å². The van der Waals surface area contributed by atoms with Crippen LogP contribution < -0.4 is 5.32 Å². The lowest BCUT2D eigenvalue weighted by atomic mass is 9.78. The summed E-state index contributed by atoms with van der Waals surface area (Å²) in [5, 5.41) is 2.22. The van der Waals surface area contributed by atoms with Gasteiger partial charge in [0.05, 0.1) is 11.1 Å². The summed E-state index contributed by atoms with van der Waals surface area (Å²) in [6.45, 7) is -0.647. The summed E-state index contributed by atoms with van der Waals surface area (Å²) in [5.41, 5.74) is -1.08. The number of anilines is 1. The molecule has 1 N–H and O–H groups in total. The molecule has 27 heavy (non-hydrogen) atoms. The van der Waals surface area contributed by atoms with Gasteiger partial charge in [0.15, 0.2) is 6.61 Å². The van der Waals surface area contributed by atoms with Crippen LogP contribution in [0.4, 0.5) is 18.9 Å². The molecule has 2 aromatic carbocycles. The third kappa shape index (κ3) is 3.97. The Bertz CT molecular complexity index is 863. The quantitative estimate of drug-likeness (QED) is 0.799. The second-order valence-electron chi connectivity index (χ2n) is 6.52. The van der Waals surface area contributed by atoms with Gasteiger partial charge in [0.1, 0.15) is 17.5 Å². The first-order valence-electron chi connectivity index (χ1n) is 8.59. The van der Waals surface area contributed by atoms with Crippen molar-refractivity contribution in [3.8, 4) is 0 Å². The number of carbonyl (C=O) groups is 2. The molecule has 0 atom stereocenters. The minimum absolute atomic E-state index is 0.220. The van der Waals surface area contributed by atoms with Crippen LogP contribution in [0.15, 0.2) is 42.5 Å². The molecule has 3 rings (SSSR count). The molecule has 0 saturated heterocycles. The van der Waals surface area contributed by atoms with Crippen LogP contribution in [0.1, 0.15) is 31.2 Å². The minimum Gasteiger partial charge on any atom is -0.455 e. The normalized spacial score (nSPS) is 15.4. The Morgan fingerprint density at radius 3 is 2.37 bits per heavy atom. The highest BCUT2D eigenvalue weighted by molar-refractivity contribution is 5.94. The number of ether oxygens (including phenoxy) is 1. The number of amides is 1. The average Bonchev–Trinajstić information content (AvgIpc) is 3.13. The molecule has 1 aliphatic rings. The molecule has 7 heteroatoms. The molecule has 1 fully saturated rings. The zero-order valence-electron chi connectivity index (χ0n) is 14.4. The van der Waals surface area contributed by atoms with Gasteiger partial charge in [-0.1, -0.05) is 31.0 Å². The van der Waals surface area contributed by atoms with Crippen molar-refractivity contribution < 1.29 is 27.5 Å². The van der Waals surface area contributed by atoms with Crippen molar-refractivity contribution in [2.75, 3.05) is 11.9 Å². The van der Waals surface area contributed by atoms with E-state index in [1.54, 1.807) is 12.1 Å². The van der Waals surface area contributed by atoms with Crippen molar-refractivity contribution in [3.63, 3.8) is 0 Å². The number of halogens is 3. The lowest BCUT2D eigenvalue weighted by Crippen LogP contribution is -2.37. The number of benzene rings is 2. The van der Waals surface area contributed by atoms with E-state index in [9.17, 15) is 22.8 Å². The average molecular weight is 377 g/mol. The summed E-state index contributed by atoms with van der Waals surface area (Å²) < 4.78 is 45.8. The van der Waals surface area contributed by atoms with Gasteiger partial charge in [-0.2, -0.15) is 0 Å². The van der Waals surface area contributed by atoms with E-state index in [1.807, 2.05) is 0 Å². The second kappa shape index (κ2) is 7.82.